The lowest BCUT2D eigenvalue weighted by molar-refractivity contribution is -0.136. The highest BCUT2D eigenvalue weighted by atomic mass is 16.6. The Morgan fingerprint density at radius 2 is 1.78 bits per heavy atom. The van der Waals surface area contributed by atoms with Crippen LogP contribution in [0.5, 0.6) is 5.75 Å². The van der Waals surface area contributed by atoms with Crippen LogP contribution in [0.15, 0.2) is 48.5 Å². The second kappa shape index (κ2) is 12.5. The van der Waals surface area contributed by atoms with E-state index in [-0.39, 0.29) is 5.91 Å². The molecule has 7 heteroatoms. The first kappa shape index (κ1) is 28.5. The van der Waals surface area contributed by atoms with Gasteiger partial charge in [0, 0.05) is 32.7 Å². The van der Waals surface area contributed by atoms with Gasteiger partial charge in [0.05, 0.1) is 0 Å². The minimum Gasteiger partial charge on any atom is -0.489 e. The number of nitrogens with zero attached hydrogens (tertiary/aromatic N) is 3. The molecule has 0 fully saturated rings. The SMILES string of the molecule is CCN(CCN(C)C(=O)C1c2ccc(OCc3ccccc3)cc2CCN1C(=O)OC(C)(C)C)C(C)C. The molecule has 2 amide bonds. The zero-order chi connectivity index (χ0) is 27.2. The standard InChI is InChI=1S/C30H43N3O4/c1-8-32(22(2)3)19-18-31(7)28(34)27-26-15-14-25(36-21-23-12-10-9-11-13-23)20-24(26)16-17-33(27)29(35)37-30(4,5)6/h9-15,20,22,27H,8,16-19,21H2,1-7H3. The second-order valence-electron chi connectivity index (χ2n) is 10.9. The number of fused-ring (bicyclic) bond motifs is 1. The predicted octanol–water partition coefficient (Wildman–Crippen LogP) is 5.29. The monoisotopic (exact) mass is 509 g/mol. The van der Waals surface area contributed by atoms with Gasteiger partial charge in [-0.05, 0) is 76.4 Å². The highest BCUT2D eigenvalue weighted by Gasteiger charge is 2.39. The summed E-state index contributed by atoms with van der Waals surface area (Å²) >= 11 is 0. The Morgan fingerprint density at radius 3 is 2.41 bits per heavy atom. The molecule has 3 rings (SSSR count). The van der Waals surface area contributed by atoms with Crippen LogP contribution >= 0.6 is 0 Å². The van der Waals surface area contributed by atoms with Crippen LogP contribution in [-0.2, 0) is 22.6 Å². The summed E-state index contributed by atoms with van der Waals surface area (Å²) in [4.78, 5) is 32.7. The van der Waals surface area contributed by atoms with Crippen LogP contribution in [0.1, 0.15) is 64.3 Å². The maximum absolute atomic E-state index is 13.8. The van der Waals surface area contributed by atoms with Crippen molar-refractivity contribution in [3.05, 3.63) is 65.2 Å². The lowest BCUT2D eigenvalue weighted by Crippen LogP contribution is -2.50. The number of amides is 2. The fourth-order valence-corrected chi connectivity index (χ4v) is 4.60. The van der Waals surface area contributed by atoms with Gasteiger partial charge in [-0.2, -0.15) is 0 Å². The van der Waals surface area contributed by atoms with Crippen molar-refractivity contribution in [2.24, 2.45) is 0 Å². The van der Waals surface area contributed by atoms with E-state index in [9.17, 15) is 9.59 Å². The topological polar surface area (TPSA) is 62.3 Å². The fourth-order valence-electron chi connectivity index (χ4n) is 4.60. The van der Waals surface area contributed by atoms with Gasteiger partial charge in [0.25, 0.3) is 0 Å². The molecule has 0 N–H and O–H groups in total. The molecule has 0 aromatic heterocycles. The molecular formula is C30H43N3O4. The first-order valence-corrected chi connectivity index (χ1v) is 13.3. The predicted molar refractivity (Wildman–Crippen MR) is 147 cm³/mol. The molecule has 1 atom stereocenters. The van der Waals surface area contributed by atoms with Crippen LogP contribution in [0.25, 0.3) is 0 Å². The van der Waals surface area contributed by atoms with E-state index in [0.717, 1.165) is 35.5 Å². The third-order valence-corrected chi connectivity index (χ3v) is 6.69. The van der Waals surface area contributed by atoms with Crippen LogP contribution in [0.2, 0.25) is 0 Å². The van der Waals surface area contributed by atoms with Crippen molar-refractivity contribution in [2.75, 3.05) is 33.2 Å². The number of carbonyl (C=O) groups excluding carboxylic acids is 2. The van der Waals surface area contributed by atoms with Crippen LogP contribution in [0, 0.1) is 0 Å². The molecule has 0 radical (unpaired) electrons. The quantitative estimate of drug-likeness (QED) is 0.460. The highest BCUT2D eigenvalue weighted by Crippen LogP contribution is 2.34. The third kappa shape index (κ3) is 7.71. The Kier molecular flexibility index (Phi) is 9.60. The molecule has 0 saturated heterocycles. The molecule has 7 nitrogen and oxygen atoms in total. The Balaban J connectivity index is 1.84. The second-order valence-corrected chi connectivity index (χ2v) is 10.9. The van der Waals surface area contributed by atoms with E-state index in [1.54, 1.807) is 9.80 Å². The van der Waals surface area contributed by atoms with E-state index < -0.39 is 17.7 Å². The van der Waals surface area contributed by atoms with Gasteiger partial charge in [-0.1, -0.05) is 43.3 Å². The Hall–Kier alpha value is -3.06. The Morgan fingerprint density at radius 1 is 1.08 bits per heavy atom. The first-order valence-electron chi connectivity index (χ1n) is 13.3. The van der Waals surface area contributed by atoms with Crippen molar-refractivity contribution < 1.29 is 19.1 Å². The maximum Gasteiger partial charge on any atom is 0.411 e. The minimum atomic E-state index is -0.735. The maximum atomic E-state index is 13.8. The summed E-state index contributed by atoms with van der Waals surface area (Å²) in [5.74, 6) is 0.646. The summed E-state index contributed by atoms with van der Waals surface area (Å²) in [5.41, 5.74) is 2.30. The summed E-state index contributed by atoms with van der Waals surface area (Å²) in [6.45, 7) is 15.1. The molecule has 0 bridgehead atoms. The zero-order valence-electron chi connectivity index (χ0n) is 23.5. The summed E-state index contributed by atoms with van der Waals surface area (Å²) in [7, 11) is 1.81. The van der Waals surface area contributed by atoms with Crippen molar-refractivity contribution in [3.63, 3.8) is 0 Å². The van der Waals surface area contributed by atoms with E-state index in [1.807, 2.05) is 76.3 Å². The molecule has 2 aromatic rings. The molecule has 0 spiro atoms. The molecule has 1 heterocycles. The third-order valence-electron chi connectivity index (χ3n) is 6.69. The summed E-state index contributed by atoms with van der Waals surface area (Å²) in [6.07, 6.45) is 0.161. The van der Waals surface area contributed by atoms with E-state index in [0.29, 0.717) is 32.2 Å². The van der Waals surface area contributed by atoms with E-state index in [4.69, 9.17) is 9.47 Å². The Labute approximate surface area is 222 Å². The molecule has 37 heavy (non-hydrogen) atoms. The van der Waals surface area contributed by atoms with Crippen LogP contribution in [0.4, 0.5) is 4.79 Å². The van der Waals surface area contributed by atoms with Crippen molar-refractivity contribution in [3.8, 4) is 5.75 Å². The van der Waals surface area contributed by atoms with Gasteiger partial charge in [-0.15, -0.1) is 0 Å². The molecule has 0 saturated carbocycles. The van der Waals surface area contributed by atoms with Gasteiger partial charge in [-0.25, -0.2) is 4.79 Å². The van der Waals surface area contributed by atoms with Crippen LogP contribution in [0.3, 0.4) is 0 Å². The molecule has 2 aromatic carbocycles. The van der Waals surface area contributed by atoms with Gasteiger partial charge in [0.2, 0.25) is 5.91 Å². The number of rotatable bonds is 9. The number of hydrogen-bond acceptors (Lipinski definition) is 5. The smallest absolute Gasteiger partial charge is 0.411 e. The van der Waals surface area contributed by atoms with Crippen molar-refractivity contribution in [1.29, 1.82) is 0 Å². The molecule has 1 unspecified atom stereocenters. The number of carbonyl (C=O) groups is 2. The first-order chi connectivity index (χ1) is 17.5. The highest BCUT2D eigenvalue weighted by molar-refractivity contribution is 5.88. The van der Waals surface area contributed by atoms with Gasteiger partial charge in [-0.3, -0.25) is 14.6 Å². The average Bonchev–Trinajstić information content (AvgIpc) is 2.85. The van der Waals surface area contributed by atoms with Crippen LogP contribution in [-0.4, -0.2) is 71.6 Å². The number of benzene rings is 2. The average molecular weight is 510 g/mol. The van der Waals surface area contributed by atoms with Gasteiger partial charge >= 0.3 is 6.09 Å². The fraction of sp³-hybridized carbons (Fsp3) is 0.533. The van der Waals surface area contributed by atoms with E-state index in [1.165, 1.54) is 0 Å². The molecule has 0 aliphatic carbocycles. The largest absolute Gasteiger partial charge is 0.489 e. The van der Waals surface area contributed by atoms with E-state index >= 15 is 0 Å². The van der Waals surface area contributed by atoms with E-state index in [2.05, 4.69) is 25.7 Å². The van der Waals surface area contributed by atoms with Crippen molar-refractivity contribution in [1.82, 2.24) is 14.7 Å². The normalized spacial score (nSPS) is 15.5. The lowest BCUT2D eigenvalue weighted by Gasteiger charge is -2.39. The summed E-state index contributed by atoms with van der Waals surface area (Å²) in [5, 5.41) is 0. The van der Waals surface area contributed by atoms with Gasteiger partial charge in [0.1, 0.15) is 24.0 Å². The number of ether oxygens (including phenoxy) is 2. The molecule has 1 aliphatic rings. The summed E-state index contributed by atoms with van der Waals surface area (Å²) in [6, 6.07) is 15.5. The molecule has 202 valence electrons. The minimum absolute atomic E-state index is 0.107. The van der Waals surface area contributed by atoms with Crippen molar-refractivity contribution >= 4 is 12.0 Å². The van der Waals surface area contributed by atoms with Crippen molar-refractivity contribution in [2.45, 2.75) is 72.3 Å². The molecule has 1 aliphatic heterocycles. The van der Waals surface area contributed by atoms with Gasteiger partial charge < -0.3 is 14.4 Å². The lowest BCUT2D eigenvalue weighted by atomic mass is 9.91. The number of hydrogen-bond donors (Lipinski definition) is 0. The molecular weight excluding hydrogens is 466 g/mol. The number of likely N-dealkylation sites (N-methyl/N-ethyl adjacent to an activating group) is 2. The summed E-state index contributed by atoms with van der Waals surface area (Å²) < 4.78 is 11.7. The van der Waals surface area contributed by atoms with Crippen LogP contribution < -0.4 is 4.74 Å². The van der Waals surface area contributed by atoms with Gasteiger partial charge in [0.15, 0.2) is 0 Å². The Bertz CT molecular complexity index is 1050. The zero-order valence-corrected chi connectivity index (χ0v) is 23.5.